The van der Waals surface area contributed by atoms with Crippen LogP contribution in [0.15, 0.2) is 71.4 Å². The van der Waals surface area contributed by atoms with Gasteiger partial charge in [-0.05, 0) is 104 Å². The quantitative estimate of drug-likeness (QED) is 0.217. The third kappa shape index (κ3) is 4.75. The smallest absolute Gasteiger partial charge is 0.0927 e. The van der Waals surface area contributed by atoms with Crippen molar-refractivity contribution < 1.29 is 10.2 Å². The van der Waals surface area contributed by atoms with Crippen molar-refractivity contribution in [3.63, 3.8) is 0 Å². The second kappa shape index (κ2) is 10.3. The van der Waals surface area contributed by atoms with Crippen LogP contribution in [0.25, 0.3) is 0 Å². The molecule has 0 amide bonds. The molecule has 4 aliphatic carbocycles. The van der Waals surface area contributed by atoms with E-state index in [9.17, 15) is 10.2 Å². The van der Waals surface area contributed by atoms with E-state index in [1.165, 1.54) is 17.4 Å². The summed E-state index contributed by atoms with van der Waals surface area (Å²) >= 11 is 0. The van der Waals surface area contributed by atoms with Crippen LogP contribution in [0.2, 0.25) is 0 Å². The first-order valence-corrected chi connectivity index (χ1v) is 13.4. The topological polar surface area (TPSA) is 64.3 Å². The van der Waals surface area contributed by atoms with E-state index in [0.717, 1.165) is 75.4 Å². The average molecular weight is 462 g/mol. The van der Waals surface area contributed by atoms with Gasteiger partial charge < -0.3 is 15.6 Å². The van der Waals surface area contributed by atoms with Crippen LogP contribution >= 0.6 is 0 Å². The second-order valence-corrected chi connectivity index (χ2v) is 11.2. The van der Waals surface area contributed by atoms with Crippen molar-refractivity contribution in [2.75, 3.05) is 0 Å². The van der Waals surface area contributed by atoms with Gasteiger partial charge in [-0.3, -0.25) is 0 Å². The molecular formula is C31H43NO2. The van der Waals surface area contributed by atoms with Gasteiger partial charge in [0.1, 0.15) is 0 Å². The zero-order valence-corrected chi connectivity index (χ0v) is 21.1. The molecule has 4 aliphatic rings. The fourth-order valence-corrected chi connectivity index (χ4v) is 7.35. The molecule has 6 atom stereocenters. The van der Waals surface area contributed by atoms with E-state index in [2.05, 4.69) is 63.0 Å². The highest BCUT2D eigenvalue weighted by atomic mass is 16.3. The summed E-state index contributed by atoms with van der Waals surface area (Å²) in [6.45, 7) is 8.58. The van der Waals surface area contributed by atoms with Gasteiger partial charge in [-0.2, -0.15) is 0 Å². The van der Waals surface area contributed by atoms with E-state index in [0.29, 0.717) is 11.8 Å². The Bertz CT molecular complexity index is 950. The van der Waals surface area contributed by atoms with Gasteiger partial charge in [0.2, 0.25) is 0 Å². The molecule has 34 heavy (non-hydrogen) atoms. The van der Waals surface area contributed by atoms with Gasteiger partial charge in [-0.15, -0.1) is 0 Å². The summed E-state index contributed by atoms with van der Waals surface area (Å²) in [6.07, 6.45) is 26.1. The molecule has 3 heteroatoms. The first kappa shape index (κ1) is 25.1. The predicted molar refractivity (Wildman–Crippen MR) is 142 cm³/mol. The summed E-state index contributed by atoms with van der Waals surface area (Å²) in [5.41, 5.74) is 3.74. The summed E-state index contributed by atoms with van der Waals surface area (Å²) in [7, 11) is 0. The third-order valence-corrected chi connectivity index (χ3v) is 9.16. The molecule has 0 aromatic rings. The van der Waals surface area contributed by atoms with Crippen LogP contribution in [-0.4, -0.2) is 28.1 Å². The van der Waals surface area contributed by atoms with E-state index in [-0.39, 0.29) is 17.4 Å². The van der Waals surface area contributed by atoms with Crippen LogP contribution in [0, 0.1) is 28.6 Å². The van der Waals surface area contributed by atoms with Crippen LogP contribution in [0.4, 0.5) is 0 Å². The van der Waals surface area contributed by atoms with E-state index in [1.807, 2.05) is 0 Å². The maximum absolute atomic E-state index is 12.2. The van der Waals surface area contributed by atoms with Crippen molar-refractivity contribution in [2.24, 2.45) is 23.2 Å². The Hall–Kier alpha value is -1.97. The van der Waals surface area contributed by atoms with E-state index >= 15 is 0 Å². The van der Waals surface area contributed by atoms with Gasteiger partial charge in [0.15, 0.2) is 0 Å². The lowest BCUT2D eigenvalue weighted by Crippen LogP contribution is -2.49. The zero-order valence-electron chi connectivity index (χ0n) is 21.1. The van der Waals surface area contributed by atoms with E-state index in [1.54, 1.807) is 0 Å². The van der Waals surface area contributed by atoms with Gasteiger partial charge >= 0.3 is 0 Å². The highest BCUT2D eigenvalue weighted by Gasteiger charge is 2.58. The van der Waals surface area contributed by atoms with Crippen LogP contribution in [0.5, 0.6) is 0 Å². The van der Waals surface area contributed by atoms with Crippen molar-refractivity contribution in [2.45, 2.75) is 89.8 Å². The summed E-state index contributed by atoms with van der Waals surface area (Å²) < 4.78 is 0. The highest BCUT2D eigenvalue weighted by molar-refractivity contribution is 5.79. The van der Waals surface area contributed by atoms with Gasteiger partial charge in [0, 0.05) is 6.21 Å². The van der Waals surface area contributed by atoms with Crippen LogP contribution in [0.1, 0.15) is 78.1 Å². The van der Waals surface area contributed by atoms with Gasteiger partial charge in [0.25, 0.3) is 0 Å². The molecule has 0 aromatic heterocycles. The number of allylic oxidation sites excluding steroid dienone is 9. The maximum Gasteiger partial charge on any atom is 0.0927 e. The van der Waals surface area contributed by atoms with Crippen molar-refractivity contribution in [3.05, 3.63) is 71.4 Å². The summed E-state index contributed by atoms with van der Waals surface area (Å²) in [5, 5.41) is 30.1. The molecule has 3 N–H and O–H groups in total. The van der Waals surface area contributed by atoms with Gasteiger partial charge in [-0.1, -0.05) is 68.5 Å². The number of nitrogens with one attached hydrogen (secondary N) is 1. The average Bonchev–Trinajstić information content (AvgIpc) is 3.10. The monoisotopic (exact) mass is 461 g/mol. The standard InChI is InChI=1S/C31H43NO2/c1-4-5-6-7-8-9-25(18-22(2)21-32)28-12-13-29-30(28,3)16-15-26-19-23-10-11-27(33)20-24(23)14-17-31(26,29)34/h5-6,8-9,15,18-19,21,24,27-29,32-34H,2,4,7,10-14,16-17,20H2,1,3H3/b6-5-,9-8-,25-18+,32-21?/t24?,27?,28?,29?,30?,31-/m1/s1. The number of hydrogen-bond acceptors (Lipinski definition) is 3. The van der Waals surface area contributed by atoms with Crippen LogP contribution in [-0.2, 0) is 0 Å². The fourth-order valence-electron chi connectivity index (χ4n) is 7.35. The number of rotatable bonds is 7. The molecule has 4 rings (SSSR count). The Balaban J connectivity index is 1.64. The lowest BCUT2D eigenvalue weighted by Gasteiger charge is -2.49. The fraction of sp³-hybridized carbons (Fsp3) is 0.581. The van der Waals surface area contributed by atoms with Crippen LogP contribution in [0.3, 0.4) is 0 Å². The lowest BCUT2D eigenvalue weighted by atomic mass is 9.57. The number of aliphatic hydroxyl groups is 2. The van der Waals surface area contributed by atoms with Gasteiger partial charge in [-0.25, -0.2) is 0 Å². The summed E-state index contributed by atoms with van der Waals surface area (Å²) in [6, 6.07) is 0. The molecule has 3 nitrogen and oxygen atoms in total. The molecular weight excluding hydrogens is 418 g/mol. The zero-order chi connectivity index (χ0) is 24.3. The largest absolute Gasteiger partial charge is 0.393 e. The Kier molecular flexibility index (Phi) is 7.64. The SMILES string of the molecule is C=C(C=N)/C=C(\C=C/C/C=C\CC)C1CCC2C1(C)CC=C1C=C3CCC(O)CC3CC[C@@]12O. The molecule has 184 valence electrons. The lowest BCUT2D eigenvalue weighted by molar-refractivity contribution is -0.0512. The minimum Gasteiger partial charge on any atom is -0.393 e. The Labute approximate surface area is 206 Å². The summed E-state index contributed by atoms with van der Waals surface area (Å²) in [5.74, 6) is 0.965. The van der Waals surface area contributed by atoms with E-state index in [4.69, 9.17) is 5.41 Å². The number of hydrogen-bond donors (Lipinski definition) is 3. The normalized spacial score (nSPS) is 38.1. The number of fused-ring (bicyclic) bond motifs is 4. The maximum atomic E-state index is 12.2. The molecule has 0 saturated heterocycles. The first-order chi connectivity index (χ1) is 16.3. The molecule has 2 fully saturated rings. The predicted octanol–water partition coefficient (Wildman–Crippen LogP) is 7.01. The minimum absolute atomic E-state index is 0.0243. The second-order valence-electron chi connectivity index (χ2n) is 11.2. The molecule has 0 bridgehead atoms. The van der Waals surface area contributed by atoms with Crippen molar-refractivity contribution in [1.29, 1.82) is 5.41 Å². The van der Waals surface area contributed by atoms with E-state index < -0.39 is 5.60 Å². The third-order valence-electron chi connectivity index (χ3n) is 9.16. The Morgan fingerprint density at radius 2 is 2.03 bits per heavy atom. The van der Waals surface area contributed by atoms with Crippen molar-refractivity contribution >= 4 is 6.21 Å². The van der Waals surface area contributed by atoms with Crippen molar-refractivity contribution in [3.8, 4) is 0 Å². The molecule has 0 aromatic carbocycles. The van der Waals surface area contributed by atoms with Gasteiger partial charge in [0.05, 0.1) is 11.7 Å². The molecule has 5 unspecified atom stereocenters. The number of aliphatic hydroxyl groups excluding tert-OH is 1. The van der Waals surface area contributed by atoms with Crippen molar-refractivity contribution in [1.82, 2.24) is 0 Å². The Morgan fingerprint density at radius 1 is 1.21 bits per heavy atom. The molecule has 0 spiro atoms. The minimum atomic E-state index is -0.783. The molecule has 0 radical (unpaired) electrons. The molecule has 0 heterocycles. The first-order valence-electron chi connectivity index (χ1n) is 13.4. The summed E-state index contributed by atoms with van der Waals surface area (Å²) in [4.78, 5) is 0. The Morgan fingerprint density at radius 3 is 2.79 bits per heavy atom. The molecule has 0 aliphatic heterocycles. The highest BCUT2D eigenvalue weighted by Crippen LogP contribution is 2.62. The molecule has 2 saturated carbocycles. The van der Waals surface area contributed by atoms with Crippen LogP contribution < -0.4 is 0 Å².